The lowest BCUT2D eigenvalue weighted by Gasteiger charge is -2.08. The summed E-state index contributed by atoms with van der Waals surface area (Å²) in [5, 5.41) is 13.9. The highest BCUT2D eigenvalue weighted by Crippen LogP contribution is 2.20. The Balaban J connectivity index is 3.12. The molecule has 0 saturated carbocycles. The molecule has 1 heterocycles. The van der Waals surface area contributed by atoms with Crippen molar-refractivity contribution in [1.29, 1.82) is 0 Å². The lowest BCUT2D eigenvalue weighted by atomic mass is 10.1. The fourth-order valence-corrected chi connectivity index (χ4v) is 1.62. The minimum Gasteiger partial charge on any atom is -0.387 e. The zero-order valence-electron chi connectivity index (χ0n) is 8.41. The van der Waals surface area contributed by atoms with Gasteiger partial charge >= 0.3 is 0 Å². The fraction of sp³-hybridized carbons (Fsp3) is 0.667. The molecule has 1 rings (SSSR count). The van der Waals surface area contributed by atoms with Gasteiger partial charge in [0.25, 0.3) is 0 Å². The van der Waals surface area contributed by atoms with Crippen LogP contribution in [0.15, 0.2) is 0 Å². The van der Waals surface area contributed by atoms with E-state index in [1.807, 2.05) is 25.5 Å². The standard InChI is InChI=1S/C9H17N3O/c1-4-12-7(3)9(6(2)11-12)8(13)5-10/h8,13H,4-5,10H2,1-3H3/t8-/m1/s1. The van der Waals surface area contributed by atoms with Gasteiger partial charge in [0.05, 0.1) is 11.8 Å². The number of nitrogens with two attached hydrogens (primary N) is 1. The lowest BCUT2D eigenvalue weighted by Crippen LogP contribution is -2.13. The molecule has 0 amide bonds. The van der Waals surface area contributed by atoms with Crippen LogP contribution in [0.25, 0.3) is 0 Å². The smallest absolute Gasteiger partial charge is 0.0947 e. The van der Waals surface area contributed by atoms with Crippen molar-refractivity contribution in [2.75, 3.05) is 6.54 Å². The molecule has 0 unspecified atom stereocenters. The van der Waals surface area contributed by atoms with Crippen molar-refractivity contribution in [3.8, 4) is 0 Å². The van der Waals surface area contributed by atoms with E-state index in [1.54, 1.807) is 0 Å². The predicted octanol–water partition coefficient (Wildman–Crippen LogP) is 0.512. The predicted molar refractivity (Wildman–Crippen MR) is 51.4 cm³/mol. The fourth-order valence-electron chi connectivity index (χ4n) is 1.62. The molecule has 0 saturated heterocycles. The molecule has 0 bridgehead atoms. The second kappa shape index (κ2) is 3.89. The summed E-state index contributed by atoms with van der Waals surface area (Å²) < 4.78 is 1.88. The summed E-state index contributed by atoms with van der Waals surface area (Å²) in [5.74, 6) is 0. The van der Waals surface area contributed by atoms with E-state index in [0.717, 1.165) is 23.5 Å². The monoisotopic (exact) mass is 183 g/mol. The van der Waals surface area contributed by atoms with Crippen molar-refractivity contribution in [2.45, 2.75) is 33.4 Å². The van der Waals surface area contributed by atoms with Gasteiger partial charge in [0, 0.05) is 24.3 Å². The van der Waals surface area contributed by atoms with Crippen LogP contribution in [0, 0.1) is 13.8 Å². The van der Waals surface area contributed by atoms with Crippen LogP contribution in [0.1, 0.15) is 30.0 Å². The van der Waals surface area contributed by atoms with E-state index in [2.05, 4.69) is 5.10 Å². The molecule has 0 spiro atoms. The molecule has 13 heavy (non-hydrogen) atoms. The summed E-state index contributed by atoms with van der Waals surface area (Å²) in [4.78, 5) is 0. The van der Waals surface area contributed by atoms with E-state index in [1.165, 1.54) is 0 Å². The van der Waals surface area contributed by atoms with Gasteiger partial charge in [-0.1, -0.05) is 0 Å². The van der Waals surface area contributed by atoms with Gasteiger partial charge in [0.1, 0.15) is 0 Å². The number of aryl methyl sites for hydroxylation is 2. The highest BCUT2D eigenvalue weighted by Gasteiger charge is 2.16. The van der Waals surface area contributed by atoms with Crippen LogP contribution < -0.4 is 5.73 Å². The lowest BCUT2D eigenvalue weighted by molar-refractivity contribution is 0.185. The molecule has 0 aromatic carbocycles. The maximum Gasteiger partial charge on any atom is 0.0947 e. The third-order valence-electron chi connectivity index (χ3n) is 2.29. The van der Waals surface area contributed by atoms with E-state index in [-0.39, 0.29) is 6.54 Å². The first-order chi connectivity index (χ1) is 6.11. The van der Waals surface area contributed by atoms with E-state index >= 15 is 0 Å². The quantitative estimate of drug-likeness (QED) is 0.717. The van der Waals surface area contributed by atoms with Crippen molar-refractivity contribution < 1.29 is 5.11 Å². The van der Waals surface area contributed by atoms with Gasteiger partial charge in [-0.25, -0.2) is 0 Å². The van der Waals surface area contributed by atoms with Crippen LogP contribution in [0.5, 0.6) is 0 Å². The molecule has 1 atom stereocenters. The first-order valence-corrected chi connectivity index (χ1v) is 4.53. The largest absolute Gasteiger partial charge is 0.387 e. The van der Waals surface area contributed by atoms with Crippen molar-refractivity contribution in [2.24, 2.45) is 5.73 Å². The van der Waals surface area contributed by atoms with Crippen LogP contribution in [0.4, 0.5) is 0 Å². The summed E-state index contributed by atoms with van der Waals surface area (Å²) in [7, 11) is 0. The molecule has 0 aliphatic heterocycles. The summed E-state index contributed by atoms with van der Waals surface area (Å²) in [6.07, 6.45) is -0.583. The van der Waals surface area contributed by atoms with Crippen LogP contribution >= 0.6 is 0 Å². The van der Waals surface area contributed by atoms with Gasteiger partial charge in [-0.05, 0) is 20.8 Å². The first kappa shape index (κ1) is 10.2. The van der Waals surface area contributed by atoms with E-state index in [0.29, 0.717) is 0 Å². The van der Waals surface area contributed by atoms with Crippen molar-refractivity contribution in [3.63, 3.8) is 0 Å². The molecule has 0 fully saturated rings. The summed E-state index contributed by atoms with van der Waals surface area (Å²) in [6.45, 7) is 6.95. The molecule has 4 nitrogen and oxygen atoms in total. The molecule has 4 heteroatoms. The van der Waals surface area contributed by atoms with E-state index in [9.17, 15) is 5.11 Å². The topological polar surface area (TPSA) is 64.1 Å². The molecule has 74 valence electrons. The zero-order chi connectivity index (χ0) is 10.0. The van der Waals surface area contributed by atoms with Crippen LogP contribution in [-0.2, 0) is 6.54 Å². The summed E-state index contributed by atoms with van der Waals surface area (Å²) in [5.41, 5.74) is 8.17. The Morgan fingerprint density at radius 3 is 2.54 bits per heavy atom. The van der Waals surface area contributed by atoms with Gasteiger partial charge in [0.2, 0.25) is 0 Å². The van der Waals surface area contributed by atoms with Gasteiger partial charge < -0.3 is 10.8 Å². The van der Waals surface area contributed by atoms with Gasteiger partial charge in [-0.2, -0.15) is 5.10 Å². The number of hydrogen-bond donors (Lipinski definition) is 2. The number of aliphatic hydroxyl groups excluding tert-OH is 1. The SMILES string of the molecule is CCn1nc(C)c([C@H](O)CN)c1C. The van der Waals surface area contributed by atoms with Crippen LogP contribution in [0.2, 0.25) is 0 Å². The Kier molecular flexibility index (Phi) is 3.06. The second-order valence-electron chi connectivity index (χ2n) is 3.15. The van der Waals surface area contributed by atoms with E-state index < -0.39 is 6.10 Å². The second-order valence-corrected chi connectivity index (χ2v) is 3.15. The highest BCUT2D eigenvalue weighted by atomic mass is 16.3. The van der Waals surface area contributed by atoms with Crippen molar-refractivity contribution in [1.82, 2.24) is 9.78 Å². The average Bonchev–Trinajstić information content (AvgIpc) is 2.40. The molecule has 1 aromatic rings. The van der Waals surface area contributed by atoms with E-state index in [4.69, 9.17) is 5.73 Å². The number of rotatable bonds is 3. The van der Waals surface area contributed by atoms with Crippen LogP contribution in [0.3, 0.4) is 0 Å². The summed E-state index contributed by atoms with van der Waals surface area (Å²) >= 11 is 0. The first-order valence-electron chi connectivity index (χ1n) is 4.53. The van der Waals surface area contributed by atoms with Gasteiger partial charge in [-0.3, -0.25) is 4.68 Å². The highest BCUT2D eigenvalue weighted by molar-refractivity contribution is 5.27. The van der Waals surface area contributed by atoms with Gasteiger partial charge in [-0.15, -0.1) is 0 Å². The Morgan fingerprint density at radius 1 is 1.54 bits per heavy atom. The molecule has 0 radical (unpaired) electrons. The Morgan fingerprint density at radius 2 is 2.15 bits per heavy atom. The minimum absolute atomic E-state index is 0.247. The molecular formula is C9H17N3O. The van der Waals surface area contributed by atoms with Crippen molar-refractivity contribution >= 4 is 0 Å². The maximum absolute atomic E-state index is 9.62. The number of hydrogen-bond acceptors (Lipinski definition) is 3. The molecule has 1 aromatic heterocycles. The third-order valence-corrected chi connectivity index (χ3v) is 2.29. The minimum atomic E-state index is -0.583. The van der Waals surface area contributed by atoms with Gasteiger partial charge in [0.15, 0.2) is 0 Å². The molecule has 3 N–H and O–H groups in total. The van der Waals surface area contributed by atoms with Crippen LogP contribution in [-0.4, -0.2) is 21.4 Å². The molecule has 0 aliphatic rings. The molecular weight excluding hydrogens is 166 g/mol. The Hall–Kier alpha value is -0.870. The number of aromatic nitrogens is 2. The molecule has 0 aliphatic carbocycles. The van der Waals surface area contributed by atoms with Crippen molar-refractivity contribution in [3.05, 3.63) is 17.0 Å². The Labute approximate surface area is 78.4 Å². The number of aliphatic hydroxyl groups is 1. The Bertz CT molecular complexity index is 293. The normalized spacial score (nSPS) is 13.3. The number of nitrogens with zero attached hydrogens (tertiary/aromatic N) is 2. The zero-order valence-corrected chi connectivity index (χ0v) is 8.41. The summed E-state index contributed by atoms with van der Waals surface area (Å²) in [6, 6.07) is 0. The third kappa shape index (κ3) is 1.73. The maximum atomic E-state index is 9.62. The average molecular weight is 183 g/mol.